The number of allylic oxidation sites excluding steroid dienone is 3. The second-order valence-corrected chi connectivity index (χ2v) is 16.9. The first-order chi connectivity index (χ1) is 26.4. The standard InChI is InChI=1S/C44H64O12/c1-12-24(5)35-29(10)37(54-40(46)23(3)4)38(45)43(56-35)21-32-20-31(55-43)18-17-27(8)34(53-41(47)25(6)13-2)26(7)15-14-16-30-22-51-39-36(50-11)28(9)19-33(42(48)52-32)44(30,39)49/h12,14-17,19,23,25-26,29,31-39,45,49H,13,18,20-22H2,1-11H3/b15-14-,24-12+,27-17-,30-16-/t25-,26+,29-,31-,32+,33+,34-,35-,36-,37+,38-,39-,43+,44-/m1/s1. The summed E-state index contributed by atoms with van der Waals surface area (Å²) in [6.07, 6.45) is 5.46. The fourth-order valence-corrected chi connectivity index (χ4v) is 8.69. The lowest BCUT2D eigenvalue weighted by Crippen LogP contribution is -2.67. The predicted molar refractivity (Wildman–Crippen MR) is 208 cm³/mol. The van der Waals surface area contributed by atoms with Crippen LogP contribution in [0.1, 0.15) is 94.9 Å². The van der Waals surface area contributed by atoms with Crippen LogP contribution in [0.4, 0.5) is 0 Å². The van der Waals surface area contributed by atoms with Gasteiger partial charge in [0.15, 0.2) is 0 Å². The monoisotopic (exact) mass is 784 g/mol. The van der Waals surface area contributed by atoms with Crippen LogP contribution in [0.2, 0.25) is 0 Å². The van der Waals surface area contributed by atoms with E-state index in [2.05, 4.69) is 0 Å². The maximum Gasteiger partial charge on any atom is 0.316 e. The minimum Gasteiger partial charge on any atom is -0.462 e. The van der Waals surface area contributed by atoms with E-state index in [1.165, 1.54) is 7.11 Å². The van der Waals surface area contributed by atoms with Crippen LogP contribution in [0, 0.1) is 29.6 Å². The smallest absolute Gasteiger partial charge is 0.316 e. The Kier molecular flexibility index (Phi) is 14.0. The van der Waals surface area contributed by atoms with E-state index in [0.29, 0.717) is 18.4 Å². The lowest BCUT2D eigenvalue weighted by Gasteiger charge is -2.54. The number of rotatable bonds is 7. The van der Waals surface area contributed by atoms with E-state index in [1.54, 1.807) is 32.1 Å². The Morgan fingerprint density at radius 2 is 1.77 bits per heavy atom. The Bertz CT molecular complexity index is 1620. The average Bonchev–Trinajstić information content (AvgIpc) is 3.50. The van der Waals surface area contributed by atoms with E-state index in [4.69, 9.17) is 33.2 Å². The first kappa shape index (κ1) is 44.0. The zero-order valence-electron chi connectivity index (χ0n) is 35.0. The highest BCUT2D eigenvalue weighted by Crippen LogP contribution is 2.49. The summed E-state index contributed by atoms with van der Waals surface area (Å²) in [5.41, 5.74) is 1.04. The molecular formula is C44H64O12. The number of methoxy groups -OCH3 is 1. The van der Waals surface area contributed by atoms with Crippen molar-refractivity contribution in [2.75, 3.05) is 13.7 Å². The van der Waals surface area contributed by atoms with Gasteiger partial charge in [0.05, 0.1) is 30.7 Å². The molecular weight excluding hydrogens is 720 g/mol. The maximum absolute atomic E-state index is 14.5. The second-order valence-electron chi connectivity index (χ2n) is 16.9. The van der Waals surface area contributed by atoms with Crippen molar-refractivity contribution in [3.05, 3.63) is 58.7 Å². The van der Waals surface area contributed by atoms with Gasteiger partial charge < -0.3 is 43.4 Å². The SMILES string of the molecule is C/C=C(\C)[C@H]1O[C@@]2(C[C@@H]3C[C@@H](C/C=C(/C)[C@H](OC(=O)[C@H](C)CC)[C@@H](C)/C=C\C=C4\CO[C@@H]5[C@H](OC)C(C)=C[C@@H](C(=O)O3)[C@]45O)O2)[C@H](O)[C@@H](OC(=O)C(C)C)[C@@H]1C. The van der Waals surface area contributed by atoms with Crippen molar-refractivity contribution in [1.82, 2.24) is 0 Å². The number of aliphatic hydroxyl groups is 2. The van der Waals surface area contributed by atoms with Gasteiger partial charge in [-0.3, -0.25) is 14.4 Å². The van der Waals surface area contributed by atoms with Crippen molar-refractivity contribution in [3.63, 3.8) is 0 Å². The number of esters is 3. The summed E-state index contributed by atoms with van der Waals surface area (Å²) in [6.45, 7) is 18.6. The Morgan fingerprint density at radius 1 is 1.05 bits per heavy atom. The number of aliphatic hydroxyl groups excluding tert-OH is 1. The molecule has 0 amide bonds. The van der Waals surface area contributed by atoms with Crippen LogP contribution in [0.5, 0.6) is 0 Å². The molecule has 0 radical (unpaired) electrons. The minimum absolute atomic E-state index is 0.0544. The molecule has 14 atom stereocenters. The summed E-state index contributed by atoms with van der Waals surface area (Å²) < 4.78 is 44.0. The Balaban J connectivity index is 1.64. The summed E-state index contributed by atoms with van der Waals surface area (Å²) in [5.74, 6) is -5.80. The quantitative estimate of drug-likeness (QED) is 0.181. The van der Waals surface area contributed by atoms with Gasteiger partial charge in [0.25, 0.3) is 0 Å². The fraction of sp³-hybridized carbons (Fsp3) is 0.705. The van der Waals surface area contributed by atoms with Gasteiger partial charge in [-0.15, -0.1) is 0 Å². The molecule has 0 aromatic heterocycles. The van der Waals surface area contributed by atoms with Gasteiger partial charge in [0.2, 0.25) is 5.79 Å². The van der Waals surface area contributed by atoms with Gasteiger partial charge in [-0.1, -0.05) is 78.0 Å². The van der Waals surface area contributed by atoms with Crippen LogP contribution >= 0.6 is 0 Å². The number of carbonyl (C=O) groups is 3. The molecule has 12 nitrogen and oxygen atoms in total. The molecule has 312 valence electrons. The van der Waals surface area contributed by atoms with Crippen LogP contribution in [0.15, 0.2) is 58.7 Å². The first-order valence-electron chi connectivity index (χ1n) is 20.3. The number of fused-ring (bicyclic) bond motifs is 2. The predicted octanol–water partition coefficient (Wildman–Crippen LogP) is 5.85. The van der Waals surface area contributed by atoms with Crippen LogP contribution < -0.4 is 0 Å². The molecule has 3 saturated heterocycles. The molecule has 0 aromatic rings. The normalized spacial score (nSPS) is 42.3. The van der Waals surface area contributed by atoms with Crippen LogP contribution in [0.3, 0.4) is 0 Å². The van der Waals surface area contributed by atoms with Crippen LogP contribution in [-0.4, -0.2) is 102 Å². The van der Waals surface area contributed by atoms with Crippen molar-refractivity contribution in [3.8, 4) is 0 Å². The second kappa shape index (κ2) is 17.8. The molecule has 56 heavy (non-hydrogen) atoms. The van der Waals surface area contributed by atoms with Crippen molar-refractivity contribution < 1.29 is 57.8 Å². The molecule has 4 heterocycles. The highest BCUT2D eigenvalue weighted by Gasteiger charge is 2.62. The lowest BCUT2D eigenvalue weighted by atomic mass is 9.70. The van der Waals surface area contributed by atoms with E-state index in [1.807, 2.05) is 73.6 Å². The van der Waals surface area contributed by atoms with Crippen molar-refractivity contribution in [1.29, 1.82) is 0 Å². The van der Waals surface area contributed by atoms with Gasteiger partial charge in [0, 0.05) is 31.8 Å². The summed E-state index contributed by atoms with van der Waals surface area (Å²) in [7, 11) is 1.54. The van der Waals surface area contributed by atoms with Crippen molar-refractivity contribution >= 4 is 17.9 Å². The summed E-state index contributed by atoms with van der Waals surface area (Å²) in [5, 5.41) is 24.8. The number of hydrogen-bond acceptors (Lipinski definition) is 12. The van der Waals surface area contributed by atoms with Gasteiger partial charge in [-0.2, -0.15) is 0 Å². The topological polar surface area (TPSA) is 156 Å². The first-order valence-corrected chi connectivity index (χ1v) is 20.3. The molecule has 2 bridgehead atoms. The Labute approximate surface area is 332 Å². The number of ether oxygens (including phenoxy) is 7. The average molecular weight is 785 g/mol. The number of hydrogen-bond donors (Lipinski definition) is 2. The highest BCUT2D eigenvalue weighted by atomic mass is 16.7. The molecule has 5 rings (SSSR count). The molecule has 4 aliphatic heterocycles. The molecule has 5 aliphatic rings. The third-order valence-electron chi connectivity index (χ3n) is 12.5. The Hall–Kier alpha value is -3.13. The summed E-state index contributed by atoms with van der Waals surface area (Å²) >= 11 is 0. The zero-order valence-corrected chi connectivity index (χ0v) is 35.0. The molecule has 0 unspecified atom stereocenters. The lowest BCUT2D eigenvalue weighted by molar-refractivity contribution is -0.380. The maximum atomic E-state index is 14.5. The van der Waals surface area contributed by atoms with Gasteiger partial charge in [0.1, 0.15) is 48.1 Å². The zero-order chi connectivity index (χ0) is 41.3. The van der Waals surface area contributed by atoms with Gasteiger partial charge >= 0.3 is 17.9 Å². The third-order valence-corrected chi connectivity index (χ3v) is 12.5. The Morgan fingerprint density at radius 3 is 2.41 bits per heavy atom. The fourth-order valence-electron chi connectivity index (χ4n) is 8.69. The third kappa shape index (κ3) is 8.52. The van der Waals surface area contributed by atoms with Crippen LogP contribution in [0.25, 0.3) is 0 Å². The number of carbonyl (C=O) groups excluding carboxylic acids is 3. The molecule has 0 aromatic carbocycles. The molecule has 2 N–H and O–H groups in total. The highest BCUT2D eigenvalue weighted by molar-refractivity contribution is 5.78. The van der Waals surface area contributed by atoms with E-state index in [-0.39, 0.29) is 37.3 Å². The van der Waals surface area contributed by atoms with E-state index >= 15 is 0 Å². The molecule has 12 heteroatoms. The van der Waals surface area contributed by atoms with E-state index in [0.717, 1.165) is 16.7 Å². The van der Waals surface area contributed by atoms with Crippen LogP contribution in [-0.2, 0) is 47.5 Å². The summed E-state index contributed by atoms with van der Waals surface area (Å²) in [4.78, 5) is 40.7. The largest absolute Gasteiger partial charge is 0.462 e. The van der Waals surface area contributed by atoms with Crippen molar-refractivity contribution in [2.24, 2.45) is 29.6 Å². The molecule has 3 fully saturated rings. The van der Waals surface area contributed by atoms with E-state index in [9.17, 15) is 24.6 Å². The van der Waals surface area contributed by atoms with Gasteiger partial charge in [-0.25, -0.2) is 0 Å². The molecule has 1 spiro atoms. The summed E-state index contributed by atoms with van der Waals surface area (Å²) in [6, 6.07) is 0. The van der Waals surface area contributed by atoms with Gasteiger partial charge in [-0.05, 0) is 62.8 Å². The van der Waals surface area contributed by atoms with E-state index < -0.39 is 89.9 Å². The minimum atomic E-state index is -1.80. The molecule has 0 saturated carbocycles. The molecule has 1 aliphatic carbocycles. The van der Waals surface area contributed by atoms with Crippen molar-refractivity contribution in [2.45, 2.75) is 155 Å².